The van der Waals surface area contributed by atoms with Crippen LogP contribution in [0.2, 0.25) is 0 Å². The van der Waals surface area contributed by atoms with E-state index in [4.69, 9.17) is 0 Å². The Kier molecular flexibility index (Phi) is 5.17. The van der Waals surface area contributed by atoms with Crippen LogP contribution in [0.25, 0.3) is 0 Å². The smallest absolute Gasteiger partial charge is 0.253 e. The van der Waals surface area contributed by atoms with E-state index in [1.807, 2.05) is 4.90 Å². The van der Waals surface area contributed by atoms with E-state index >= 15 is 0 Å². The molecule has 24 heavy (non-hydrogen) atoms. The highest BCUT2D eigenvalue weighted by Crippen LogP contribution is 2.24. The first-order valence-electron chi connectivity index (χ1n) is 8.88. The normalized spacial score (nSPS) is 22.5. The minimum atomic E-state index is -0.398. The fourth-order valence-electron chi connectivity index (χ4n) is 3.78. The maximum absolute atomic E-state index is 13.3. The lowest BCUT2D eigenvalue weighted by atomic mass is 9.92. The van der Waals surface area contributed by atoms with Crippen LogP contribution in [0.1, 0.15) is 43.0 Å². The number of hydrogen-bond acceptors (Lipinski definition) is 2. The molecule has 2 fully saturated rings. The number of halogens is 1. The highest BCUT2D eigenvalue weighted by Gasteiger charge is 2.32. The van der Waals surface area contributed by atoms with Gasteiger partial charge in [-0.05, 0) is 49.8 Å². The Morgan fingerprint density at radius 2 is 1.83 bits per heavy atom. The van der Waals surface area contributed by atoms with Crippen molar-refractivity contribution in [3.63, 3.8) is 0 Å². The molecule has 0 aromatic heterocycles. The molecule has 0 saturated carbocycles. The number of piperidine rings is 2. The van der Waals surface area contributed by atoms with Gasteiger partial charge in [-0.1, -0.05) is 13.0 Å². The molecular formula is C19H25FN2O2. The van der Waals surface area contributed by atoms with E-state index in [9.17, 15) is 14.0 Å². The van der Waals surface area contributed by atoms with E-state index in [2.05, 4.69) is 6.92 Å². The Labute approximate surface area is 142 Å². The second-order valence-corrected chi connectivity index (χ2v) is 7.11. The Balaban J connectivity index is 1.55. The van der Waals surface area contributed by atoms with Gasteiger partial charge in [-0.25, -0.2) is 4.39 Å². The lowest BCUT2D eigenvalue weighted by Crippen LogP contribution is -2.47. The van der Waals surface area contributed by atoms with Gasteiger partial charge in [0.1, 0.15) is 5.82 Å². The van der Waals surface area contributed by atoms with E-state index in [1.165, 1.54) is 18.6 Å². The van der Waals surface area contributed by atoms with Crippen LogP contribution < -0.4 is 0 Å². The third-order valence-corrected chi connectivity index (χ3v) is 5.17. The summed E-state index contributed by atoms with van der Waals surface area (Å²) in [5.74, 6) is 0.306. The minimum Gasteiger partial charge on any atom is -0.342 e. The van der Waals surface area contributed by atoms with Gasteiger partial charge in [0.25, 0.3) is 5.91 Å². The van der Waals surface area contributed by atoms with E-state index in [0.29, 0.717) is 37.4 Å². The molecule has 5 heteroatoms. The molecule has 0 aliphatic carbocycles. The molecule has 1 aromatic carbocycles. The molecule has 1 unspecified atom stereocenters. The number of amides is 2. The molecular weight excluding hydrogens is 307 g/mol. The fraction of sp³-hybridized carbons (Fsp3) is 0.579. The van der Waals surface area contributed by atoms with Gasteiger partial charge in [0.15, 0.2) is 0 Å². The fourth-order valence-corrected chi connectivity index (χ4v) is 3.78. The summed E-state index contributed by atoms with van der Waals surface area (Å²) in [4.78, 5) is 28.8. The van der Waals surface area contributed by atoms with Crippen LogP contribution in [-0.4, -0.2) is 47.8 Å². The summed E-state index contributed by atoms with van der Waals surface area (Å²) >= 11 is 0. The van der Waals surface area contributed by atoms with Crippen LogP contribution >= 0.6 is 0 Å². The largest absolute Gasteiger partial charge is 0.342 e. The van der Waals surface area contributed by atoms with Gasteiger partial charge in [-0.3, -0.25) is 9.59 Å². The molecule has 3 rings (SSSR count). The lowest BCUT2D eigenvalue weighted by Gasteiger charge is -2.37. The Bertz CT molecular complexity index is 611. The first kappa shape index (κ1) is 16.9. The maximum Gasteiger partial charge on any atom is 0.253 e. The number of benzene rings is 1. The van der Waals surface area contributed by atoms with Crippen molar-refractivity contribution in [1.82, 2.24) is 9.80 Å². The van der Waals surface area contributed by atoms with Gasteiger partial charge in [0, 0.05) is 37.7 Å². The van der Waals surface area contributed by atoms with Gasteiger partial charge in [0.2, 0.25) is 5.91 Å². The molecule has 2 aliphatic heterocycles. The van der Waals surface area contributed by atoms with E-state index in [0.717, 1.165) is 19.5 Å². The molecule has 2 heterocycles. The van der Waals surface area contributed by atoms with Crippen molar-refractivity contribution in [2.75, 3.05) is 26.2 Å². The van der Waals surface area contributed by atoms with Crippen LogP contribution in [0.5, 0.6) is 0 Å². The van der Waals surface area contributed by atoms with Gasteiger partial charge in [-0.2, -0.15) is 0 Å². The van der Waals surface area contributed by atoms with Crippen LogP contribution in [0.15, 0.2) is 24.3 Å². The minimum absolute atomic E-state index is 0.0202. The standard InChI is InChI=1S/C19H25FN2O2/c1-14-4-3-9-22(13-14)18(23)15-7-10-21(11-8-15)19(24)16-5-2-6-17(20)12-16/h2,5-6,12,14-15H,3-4,7-11,13H2,1H3. The predicted molar refractivity (Wildman–Crippen MR) is 90.0 cm³/mol. The molecule has 2 amide bonds. The van der Waals surface area contributed by atoms with Gasteiger partial charge in [0.05, 0.1) is 0 Å². The Morgan fingerprint density at radius 3 is 2.50 bits per heavy atom. The summed E-state index contributed by atoms with van der Waals surface area (Å²) in [6.45, 7) is 5.05. The van der Waals surface area contributed by atoms with Crippen molar-refractivity contribution in [1.29, 1.82) is 0 Å². The number of carbonyl (C=O) groups excluding carboxylic acids is 2. The summed E-state index contributed by atoms with van der Waals surface area (Å²) in [5.41, 5.74) is 0.379. The zero-order valence-electron chi connectivity index (χ0n) is 14.2. The first-order valence-corrected chi connectivity index (χ1v) is 8.88. The monoisotopic (exact) mass is 332 g/mol. The third kappa shape index (κ3) is 3.77. The van der Waals surface area contributed by atoms with Crippen LogP contribution in [-0.2, 0) is 4.79 Å². The molecule has 130 valence electrons. The zero-order valence-corrected chi connectivity index (χ0v) is 14.2. The predicted octanol–water partition coefficient (Wildman–Crippen LogP) is 2.94. The quantitative estimate of drug-likeness (QED) is 0.835. The second-order valence-electron chi connectivity index (χ2n) is 7.11. The summed E-state index contributed by atoms with van der Waals surface area (Å²) in [6, 6.07) is 5.80. The number of hydrogen-bond donors (Lipinski definition) is 0. The second kappa shape index (κ2) is 7.32. The number of rotatable bonds is 2. The lowest BCUT2D eigenvalue weighted by molar-refractivity contribution is -0.138. The molecule has 2 saturated heterocycles. The van der Waals surface area contributed by atoms with E-state index in [1.54, 1.807) is 17.0 Å². The average molecular weight is 332 g/mol. The third-order valence-electron chi connectivity index (χ3n) is 5.17. The highest BCUT2D eigenvalue weighted by atomic mass is 19.1. The van der Waals surface area contributed by atoms with Crippen molar-refractivity contribution in [2.24, 2.45) is 11.8 Å². The van der Waals surface area contributed by atoms with Crippen molar-refractivity contribution in [3.8, 4) is 0 Å². The topological polar surface area (TPSA) is 40.6 Å². The molecule has 1 aromatic rings. The molecule has 0 bridgehead atoms. The summed E-state index contributed by atoms with van der Waals surface area (Å²) < 4.78 is 13.3. The summed E-state index contributed by atoms with van der Waals surface area (Å²) in [7, 11) is 0. The number of likely N-dealkylation sites (tertiary alicyclic amines) is 2. The van der Waals surface area contributed by atoms with Gasteiger partial charge >= 0.3 is 0 Å². The SMILES string of the molecule is CC1CCCN(C(=O)C2CCN(C(=O)c3cccc(F)c3)CC2)C1. The van der Waals surface area contributed by atoms with Crippen molar-refractivity contribution >= 4 is 11.8 Å². The average Bonchev–Trinajstić information content (AvgIpc) is 2.60. The molecule has 0 radical (unpaired) electrons. The van der Waals surface area contributed by atoms with Gasteiger partial charge < -0.3 is 9.80 Å². The van der Waals surface area contributed by atoms with Crippen molar-refractivity contribution in [2.45, 2.75) is 32.6 Å². The van der Waals surface area contributed by atoms with Crippen LogP contribution in [0.4, 0.5) is 4.39 Å². The van der Waals surface area contributed by atoms with E-state index in [-0.39, 0.29) is 17.7 Å². The highest BCUT2D eigenvalue weighted by molar-refractivity contribution is 5.94. The first-order chi connectivity index (χ1) is 11.5. The Morgan fingerprint density at radius 1 is 1.08 bits per heavy atom. The summed E-state index contributed by atoms with van der Waals surface area (Å²) in [6.07, 6.45) is 3.68. The molecule has 0 N–H and O–H groups in total. The molecule has 0 spiro atoms. The van der Waals surface area contributed by atoms with Crippen molar-refractivity contribution < 1.29 is 14.0 Å². The molecule has 1 atom stereocenters. The zero-order chi connectivity index (χ0) is 17.1. The number of carbonyl (C=O) groups is 2. The molecule has 2 aliphatic rings. The molecule has 4 nitrogen and oxygen atoms in total. The van der Waals surface area contributed by atoms with E-state index < -0.39 is 5.82 Å². The number of nitrogens with zero attached hydrogens (tertiary/aromatic N) is 2. The van der Waals surface area contributed by atoms with Crippen LogP contribution in [0.3, 0.4) is 0 Å². The Hall–Kier alpha value is -1.91. The summed E-state index contributed by atoms with van der Waals surface area (Å²) in [5, 5.41) is 0. The van der Waals surface area contributed by atoms with Crippen LogP contribution in [0, 0.1) is 17.7 Å². The maximum atomic E-state index is 13.3. The van der Waals surface area contributed by atoms with Crippen molar-refractivity contribution in [3.05, 3.63) is 35.6 Å². The van der Waals surface area contributed by atoms with Gasteiger partial charge in [-0.15, -0.1) is 0 Å².